The van der Waals surface area contributed by atoms with E-state index in [-0.39, 0.29) is 6.01 Å². The lowest BCUT2D eigenvalue weighted by Crippen LogP contribution is -2.07. The van der Waals surface area contributed by atoms with Crippen molar-refractivity contribution < 1.29 is 19.5 Å². The van der Waals surface area contributed by atoms with Crippen LogP contribution < -0.4 is 5.73 Å². The van der Waals surface area contributed by atoms with Gasteiger partial charge in [-0.15, -0.1) is 0 Å². The van der Waals surface area contributed by atoms with Crippen LogP contribution in [0.4, 0.5) is 6.01 Å². The predicted molar refractivity (Wildman–Crippen MR) is 50.8 cm³/mol. The third-order valence-electron chi connectivity index (χ3n) is 1.31. The predicted octanol–water partition coefficient (Wildman–Crippen LogP) is -0.642. The van der Waals surface area contributed by atoms with E-state index in [2.05, 4.69) is 4.98 Å². The third kappa shape index (κ3) is 3.06. The SMILES string of the molecule is Nc1nc2ccccc2o1.OB(O)O. The number of hydrogen-bond donors (Lipinski definition) is 4. The molecule has 0 amide bonds. The topological polar surface area (TPSA) is 113 Å². The first-order chi connectivity index (χ1) is 6.59. The summed E-state index contributed by atoms with van der Waals surface area (Å²) in [4.78, 5) is 3.92. The molecule has 74 valence electrons. The molecule has 0 unspecified atom stereocenters. The van der Waals surface area contributed by atoms with Crippen molar-refractivity contribution in [2.75, 3.05) is 5.73 Å². The number of para-hydroxylation sites is 2. The van der Waals surface area contributed by atoms with Crippen LogP contribution in [0.5, 0.6) is 0 Å². The van der Waals surface area contributed by atoms with Crippen LogP contribution in [-0.2, 0) is 0 Å². The molecule has 0 atom stereocenters. The van der Waals surface area contributed by atoms with Crippen LogP contribution in [0.3, 0.4) is 0 Å². The lowest BCUT2D eigenvalue weighted by atomic mass is 10.3. The zero-order valence-electron chi connectivity index (χ0n) is 7.16. The molecule has 0 aliphatic carbocycles. The van der Waals surface area contributed by atoms with Gasteiger partial charge in [0, 0.05) is 0 Å². The van der Waals surface area contributed by atoms with Crippen molar-refractivity contribution in [1.29, 1.82) is 0 Å². The van der Waals surface area contributed by atoms with Gasteiger partial charge in [-0.05, 0) is 12.1 Å². The molecule has 1 heterocycles. The van der Waals surface area contributed by atoms with Crippen molar-refractivity contribution in [3.63, 3.8) is 0 Å². The summed E-state index contributed by atoms with van der Waals surface area (Å²) in [7, 11) is -2.17. The molecule has 0 radical (unpaired) electrons. The zero-order chi connectivity index (χ0) is 10.6. The first-order valence-electron chi connectivity index (χ1n) is 3.75. The molecule has 14 heavy (non-hydrogen) atoms. The van der Waals surface area contributed by atoms with Crippen molar-refractivity contribution >= 4 is 24.4 Å². The highest BCUT2D eigenvalue weighted by Crippen LogP contribution is 2.14. The van der Waals surface area contributed by atoms with E-state index < -0.39 is 7.32 Å². The fourth-order valence-electron chi connectivity index (χ4n) is 0.890. The monoisotopic (exact) mass is 196 g/mol. The molecule has 0 aliphatic heterocycles. The molecule has 0 aliphatic rings. The van der Waals surface area contributed by atoms with Crippen LogP contribution in [0.25, 0.3) is 11.1 Å². The molecule has 1 aromatic heterocycles. The molecular formula is C7H9BN2O4. The van der Waals surface area contributed by atoms with E-state index in [1.807, 2.05) is 24.3 Å². The Morgan fingerprint density at radius 3 is 2.36 bits per heavy atom. The highest BCUT2D eigenvalue weighted by atomic mass is 16.5. The van der Waals surface area contributed by atoms with Gasteiger partial charge in [-0.3, -0.25) is 0 Å². The van der Waals surface area contributed by atoms with Gasteiger partial charge in [0.15, 0.2) is 5.58 Å². The molecule has 2 aromatic rings. The van der Waals surface area contributed by atoms with Crippen molar-refractivity contribution in [3.8, 4) is 0 Å². The summed E-state index contributed by atoms with van der Waals surface area (Å²) in [6, 6.07) is 7.69. The lowest BCUT2D eigenvalue weighted by Gasteiger charge is -1.79. The van der Waals surface area contributed by atoms with Gasteiger partial charge in [0.25, 0.3) is 6.01 Å². The van der Waals surface area contributed by atoms with Crippen LogP contribution in [0, 0.1) is 0 Å². The molecule has 0 spiro atoms. The number of benzene rings is 1. The Morgan fingerprint density at radius 2 is 1.79 bits per heavy atom. The normalized spacial score (nSPS) is 9.36. The maximum absolute atomic E-state index is 7.17. The van der Waals surface area contributed by atoms with Gasteiger partial charge in [-0.25, -0.2) is 0 Å². The molecule has 2 rings (SSSR count). The molecular weight excluding hydrogens is 187 g/mol. The Kier molecular flexibility index (Phi) is 3.46. The fraction of sp³-hybridized carbons (Fsp3) is 0. The summed E-state index contributed by atoms with van der Waals surface area (Å²) < 4.78 is 5.03. The van der Waals surface area contributed by atoms with Crippen LogP contribution in [-0.4, -0.2) is 27.4 Å². The van der Waals surface area contributed by atoms with E-state index in [0.29, 0.717) is 0 Å². The Morgan fingerprint density at radius 1 is 1.21 bits per heavy atom. The number of hydrogen-bond acceptors (Lipinski definition) is 6. The summed E-state index contributed by atoms with van der Waals surface area (Å²) in [6.07, 6.45) is 0. The fourth-order valence-corrected chi connectivity index (χ4v) is 0.890. The second-order valence-electron chi connectivity index (χ2n) is 2.37. The standard InChI is InChI=1S/C7H6N2O.BH3O3/c8-7-9-5-3-1-2-4-6(5)10-7;2-1(3)4/h1-4H,(H2,8,9);2-4H. The number of rotatable bonds is 0. The van der Waals surface area contributed by atoms with Gasteiger partial charge in [0.2, 0.25) is 0 Å². The molecule has 6 nitrogen and oxygen atoms in total. The first-order valence-corrected chi connectivity index (χ1v) is 3.75. The van der Waals surface area contributed by atoms with Gasteiger partial charge < -0.3 is 25.2 Å². The quantitative estimate of drug-likeness (QED) is 0.416. The minimum atomic E-state index is -2.17. The van der Waals surface area contributed by atoms with Gasteiger partial charge in [-0.2, -0.15) is 4.98 Å². The largest absolute Gasteiger partial charge is 0.631 e. The second kappa shape index (κ2) is 4.61. The van der Waals surface area contributed by atoms with Crippen LogP contribution in [0.1, 0.15) is 0 Å². The second-order valence-corrected chi connectivity index (χ2v) is 2.37. The maximum atomic E-state index is 7.17. The molecule has 0 saturated carbocycles. The Bertz CT molecular complexity index is 367. The Balaban J connectivity index is 0.000000213. The van der Waals surface area contributed by atoms with Crippen LogP contribution >= 0.6 is 0 Å². The number of fused-ring (bicyclic) bond motifs is 1. The third-order valence-corrected chi connectivity index (χ3v) is 1.31. The molecule has 0 fully saturated rings. The van der Waals surface area contributed by atoms with Crippen molar-refractivity contribution in [3.05, 3.63) is 24.3 Å². The summed E-state index contributed by atoms with van der Waals surface area (Å²) >= 11 is 0. The van der Waals surface area contributed by atoms with Crippen molar-refractivity contribution in [1.82, 2.24) is 4.98 Å². The molecule has 1 aromatic carbocycles. The summed E-state index contributed by atoms with van der Waals surface area (Å²) in [5.74, 6) is 0. The van der Waals surface area contributed by atoms with E-state index in [1.165, 1.54) is 0 Å². The van der Waals surface area contributed by atoms with E-state index in [4.69, 9.17) is 25.2 Å². The first kappa shape index (κ1) is 10.5. The van der Waals surface area contributed by atoms with Gasteiger partial charge in [-0.1, -0.05) is 12.1 Å². The number of anilines is 1. The molecule has 0 saturated heterocycles. The van der Waals surface area contributed by atoms with Gasteiger partial charge >= 0.3 is 7.32 Å². The van der Waals surface area contributed by atoms with Gasteiger partial charge in [0.1, 0.15) is 5.52 Å². The van der Waals surface area contributed by atoms with Gasteiger partial charge in [0.05, 0.1) is 0 Å². The minimum absolute atomic E-state index is 0.223. The summed E-state index contributed by atoms with van der Waals surface area (Å²) in [6.45, 7) is 0. The summed E-state index contributed by atoms with van der Waals surface area (Å²) in [5, 5.41) is 21.5. The number of nitrogen functional groups attached to an aromatic ring is 1. The molecule has 5 N–H and O–H groups in total. The number of nitrogens with two attached hydrogens (primary N) is 1. The van der Waals surface area contributed by atoms with Crippen LogP contribution in [0.15, 0.2) is 28.7 Å². The van der Waals surface area contributed by atoms with Crippen molar-refractivity contribution in [2.24, 2.45) is 0 Å². The highest BCUT2D eigenvalue weighted by molar-refractivity contribution is 6.30. The summed E-state index contributed by atoms with van der Waals surface area (Å²) in [5.41, 5.74) is 6.85. The molecule has 0 bridgehead atoms. The maximum Gasteiger partial charge on any atom is 0.631 e. The molecule has 7 heteroatoms. The average Bonchev–Trinajstić information content (AvgIpc) is 2.42. The number of aromatic nitrogens is 1. The smallest absolute Gasteiger partial charge is 0.424 e. The minimum Gasteiger partial charge on any atom is -0.424 e. The zero-order valence-corrected chi connectivity index (χ0v) is 7.16. The van der Waals surface area contributed by atoms with E-state index in [1.54, 1.807) is 0 Å². The lowest BCUT2D eigenvalue weighted by molar-refractivity contribution is 0.278. The number of oxazole rings is 1. The van der Waals surface area contributed by atoms with E-state index in [0.717, 1.165) is 11.1 Å². The van der Waals surface area contributed by atoms with E-state index in [9.17, 15) is 0 Å². The average molecular weight is 196 g/mol. The van der Waals surface area contributed by atoms with Crippen LogP contribution in [0.2, 0.25) is 0 Å². The Labute approximate surface area is 79.8 Å². The highest BCUT2D eigenvalue weighted by Gasteiger charge is 1.97. The van der Waals surface area contributed by atoms with E-state index >= 15 is 0 Å². The number of nitrogens with zero attached hydrogens (tertiary/aromatic N) is 1. The Hall–Kier alpha value is -1.57. The van der Waals surface area contributed by atoms with Crippen molar-refractivity contribution in [2.45, 2.75) is 0 Å².